The summed E-state index contributed by atoms with van der Waals surface area (Å²) in [7, 11) is 0. The highest BCUT2D eigenvalue weighted by atomic mass is 19.1. The molecule has 4 heteroatoms. The largest absolute Gasteiger partial charge is 0.344 e. The lowest BCUT2D eigenvalue weighted by Crippen LogP contribution is -2.36. The van der Waals surface area contributed by atoms with Crippen molar-refractivity contribution in [1.29, 1.82) is 0 Å². The molecule has 1 atom stereocenters. The highest BCUT2D eigenvalue weighted by molar-refractivity contribution is 4.83. The van der Waals surface area contributed by atoms with Gasteiger partial charge in [-0.25, -0.2) is 8.78 Å². The summed E-state index contributed by atoms with van der Waals surface area (Å²) < 4.78 is 35.5. The maximum atomic E-state index is 12.7. The molecule has 2 fully saturated rings. The SMILES string of the molecule is FC1CCC2(CC1)OCC(F)O2. The fourth-order valence-corrected chi connectivity index (χ4v) is 1.80. The number of halogens is 2. The first kappa shape index (κ1) is 8.38. The van der Waals surface area contributed by atoms with Crippen molar-refractivity contribution in [1.82, 2.24) is 0 Å². The molecular formula is C8H12F2O2. The Bertz CT molecular complexity index is 166. The Morgan fingerprint density at radius 3 is 2.33 bits per heavy atom. The van der Waals surface area contributed by atoms with E-state index in [1.807, 2.05) is 0 Å². The summed E-state index contributed by atoms with van der Waals surface area (Å²) in [6, 6.07) is 0. The van der Waals surface area contributed by atoms with Crippen molar-refractivity contribution in [2.24, 2.45) is 0 Å². The molecule has 1 aliphatic heterocycles. The zero-order chi connectivity index (χ0) is 8.60. The van der Waals surface area contributed by atoms with Crippen LogP contribution in [0, 0.1) is 0 Å². The molecule has 0 amide bonds. The van der Waals surface area contributed by atoms with E-state index in [1.54, 1.807) is 0 Å². The highest BCUT2D eigenvalue weighted by Crippen LogP contribution is 2.38. The maximum Gasteiger partial charge on any atom is 0.225 e. The lowest BCUT2D eigenvalue weighted by Gasteiger charge is -2.32. The summed E-state index contributed by atoms with van der Waals surface area (Å²) in [5.74, 6) is -0.790. The van der Waals surface area contributed by atoms with E-state index in [0.29, 0.717) is 25.7 Å². The van der Waals surface area contributed by atoms with Crippen LogP contribution in [-0.4, -0.2) is 24.9 Å². The van der Waals surface area contributed by atoms with Crippen LogP contribution < -0.4 is 0 Å². The summed E-state index contributed by atoms with van der Waals surface area (Å²) in [6.45, 7) is -0.00302. The highest BCUT2D eigenvalue weighted by Gasteiger charge is 2.44. The van der Waals surface area contributed by atoms with Crippen LogP contribution in [0.2, 0.25) is 0 Å². The minimum Gasteiger partial charge on any atom is -0.344 e. The van der Waals surface area contributed by atoms with Gasteiger partial charge in [-0.05, 0) is 12.8 Å². The lowest BCUT2D eigenvalue weighted by atomic mass is 9.93. The molecule has 0 bridgehead atoms. The van der Waals surface area contributed by atoms with Crippen molar-refractivity contribution < 1.29 is 18.3 Å². The van der Waals surface area contributed by atoms with Crippen LogP contribution in [0.5, 0.6) is 0 Å². The van der Waals surface area contributed by atoms with Gasteiger partial charge in [0.25, 0.3) is 0 Å². The Labute approximate surface area is 69.8 Å². The molecule has 2 aliphatic rings. The fraction of sp³-hybridized carbons (Fsp3) is 1.00. The number of ether oxygens (including phenoxy) is 2. The number of rotatable bonds is 0. The van der Waals surface area contributed by atoms with Gasteiger partial charge in [-0.15, -0.1) is 0 Å². The van der Waals surface area contributed by atoms with Gasteiger partial charge in [-0.2, -0.15) is 0 Å². The Kier molecular flexibility index (Phi) is 2.04. The summed E-state index contributed by atoms with van der Waals surface area (Å²) >= 11 is 0. The van der Waals surface area contributed by atoms with Crippen LogP contribution in [0.1, 0.15) is 25.7 Å². The maximum absolute atomic E-state index is 12.7. The topological polar surface area (TPSA) is 18.5 Å². The first-order valence-corrected chi connectivity index (χ1v) is 4.30. The smallest absolute Gasteiger partial charge is 0.225 e. The first-order chi connectivity index (χ1) is 5.70. The summed E-state index contributed by atoms with van der Waals surface area (Å²) in [4.78, 5) is 0. The summed E-state index contributed by atoms with van der Waals surface area (Å²) in [5, 5.41) is 0. The minimum absolute atomic E-state index is 0.00302. The third-order valence-corrected chi connectivity index (χ3v) is 2.50. The van der Waals surface area contributed by atoms with E-state index in [9.17, 15) is 8.78 Å². The minimum atomic E-state index is -1.32. The third-order valence-electron chi connectivity index (χ3n) is 2.50. The van der Waals surface area contributed by atoms with Gasteiger partial charge in [0.2, 0.25) is 6.36 Å². The van der Waals surface area contributed by atoms with E-state index in [0.717, 1.165) is 0 Å². The molecule has 0 aromatic heterocycles. The van der Waals surface area contributed by atoms with Crippen molar-refractivity contribution in [3.05, 3.63) is 0 Å². The molecule has 1 heterocycles. The van der Waals surface area contributed by atoms with Crippen molar-refractivity contribution >= 4 is 0 Å². The first-order valence-electron chi connectivity index (χ1n) is 4.30. The summed E-state index contributed by atoms with van der Waals surface area (Å²) in [5.41, 5.74) is 0. The van der Waals surface area contributed by atoms with Gasteiger partial charge in [-0.1, -0.05) is 0 Å². The molecule has 0 aromatic carbocycles. The number of hydrogen-bond donors (Lipinski definition) is 0. The fourth-order valence-electron chi connectivity index (χ4n) is 1.80. The molecule has 1 aliphatic carbocycles. The molecule has 1 saturated heterocycles. The molecule has 1 spiro atoms. The van der Waals surface area contributed by atoms with Crippen molar-refractivity contribution in [3.8, 4) is 0 Å². The molecule has 0 N–H and O–H groups in total. The molecular weight excluding hydrogens is 166 g/mol. The van der Waals surface area contributed by atoms with Crippen LogP contribution in [0.3, 0.4) is 0 Å². The van der Waals surface area contributed by atoms with Gasteiger partial charge in [0, 0.05) is 12.8 Å². The van der Waals surface area contributed by atoms with E-state index in [1.165, 1.54) is 0 Å². The van der Waals surface area contributed by atoms with Crippen LogP contribution in [0.4, 0.5) is 8.78 Å². The average molecular weight is 178 g/mol. The Hall–Kier alpha value is -0.220. The molecule has 70 valence electrons. The van der Waals surface area contributed by atoms with Gasteiger partial charge >= 0.3 is 0 Å². The molecule has 2 rings (SSSR count). The summed E-state index contributed by atoms with van der Waals surface area (Å²) in [6.07, 6.45) is -0.273. The molecule has 12 heavy (non-hydrogen) atoms. The van der Waals surface area contributed by atoms with Crippen molar-refractivity contribution in [2.75, 3.05) is 6.61 Å². The van der Waals surface area contributed by atoms with E-state index < -0.39 is 18.3 Å². The zero-order valence-corrected chi connectivity index (χ0v) is 6.76. The van der Waals surface area contributed by atoms with Gasteiger partial charge in [-0.3, -0.25) is 0 Å². The van der Waals surface area contributed by atoms with E-state index in [2.05, 4.69) is 0 Å². The molecule has 0 radical (unpaired) electrons. The molecule has 1 saturated carbocycles. The van der Waals surface area contributed by atoms with Crippen molar-refractivity contribution in [2.45, 2.75) is 44.0 Å². The Morgan fingerprint density at radius 2 is 1.83 bits per heavy atom. The predicted octanol–water partition coefficient (Wildman–Crippen LogP) is 1.94. The molecule has 1 unspecified atom stereocenters. The van der Waals surface area contributed by atoms with Gasteiger partial charge in [0.15, 0.2) is 5.79 Å². The van der Waals surface area contributed by atoms with E-state index >= 15 is 0 Å². The zero-order valence-electron chi connectivity index (χ0n) is 6.76. The third kappa shape index (κ3) is 1.45. The second kappa shape index (κ2) is 2.92. The quantitative estimate of drug-likeness (QED) is 0.564. The van der Waals surface area contributed by atoms with Crippen LogP contribution in [-0.2, 0) is 9.47 Å². The molecule has 2 nitrogen and oxygen atoms in total. The van der Waals surface area contributed by atoms with Gasteiger partial charge < -0.3 is 9.47 Å². The van der Waals surface area contributed by atoms with E-state index in [-0.39, 0.29) is 6.61 Å². The number of hydrogen-bond acceptors (Lipinski definition) is 2. The van der Waals surface area contributed by atoms with Crippen molar-refractivity contribution in [3.63, 3.8) is 0 Å². The van der Waals surface area contributed by atoms with Crippen LogP contribution in [0.15, 0.2) is 0 Å². The normalized spacial score (nSPS) is 48.5. The standard InChI is InChI=1S/C8H12F2O2/c9-6-1-3-8(4-2-6)11-5-7(10)12-8/h6-7H,1-5H2. The van der Waals surface area contributed by atoms with Crippen LogP contribution >= 0.6 is 0 Å². The molecule has 0 aromatic rings. The second-order valence-electron chi connectivity index (χ2n) is 3.42. The Balaban J connectivity index is 1.95. The van der Waals surface area contributed by atoms with Gasteiger partial charge in [0.05, 0.1) is 0 Å². The van der Waals surface area contributed by atoms with E-state index in [4.69, 9.17) is 9.47 Å². The predicted molar refractivity (Wildman–Crippen MR) is 38.0 cm³/mol. The second-order valence-corrected chi connectivity index (χ2v) is 3.42. The average Bonchev–Trinajstić information content (AvgIpc) is 2.40. The van der Waals surface area contributed by atoms with Crippen LogP contribution in [0.25, 0.3) is 0 Å². The lowest BCUT2D eigenvalue weighted by molar-refractivity contribution is -0.206. The number of alkyl halides is 2. The monoisotopic (exact) mass is 178 g/mol. The van der Waals surface area contributed by atoms with Gasteiger partial charge in [0.1, 0.15) is 12.8 Å². The Morgan fingerprint density at radius 1 is 1.17 bits per heavy atom.